The Kier molecular flexibility index (Phi) is 2.87. The predicted molar refractivity (Wildman–Crippen MR) is 67.0 cm³/mol. The van der Waals surface area contributed by atoms with Crippen molar-refractivity contribution in [1.29, 1.82) is 0 Å². The summed E-state index contributed by atoms with van der Waals surface area (Å²) >= 11 is 5.60. The summed E-state index contributed by atoms with van der Waals surface area (Å²) in [6.07, 6.45) is -4.71. The van der Waals surface area contributed by atoms with E-state index in [4.69, 9.17) is 16.3 Å². The van der Waals surface area contributed by atoms with Gasteiger partial charge in [0.2, 0.25) is 5.88 Å². The van der Waals surface area contributed by atoms with E-state index in [1.165, 1.54) is 0 Å². The molecule has 1 aliphatic rings. The molecule has 0 spiro atoms. The van der Waals surface area contributed by atoms with Crippen LogP contribution in [0.5, 0.6) is 11.6 Å². The number of aromatic nitrogens is 2. The van der Waals surface area contributed by atoms with Gasteiger partial charge in [-0.15, -0.1) is 0 Å². The zero-order valence-corrected chi connectivity index (χ0v) is 10.9. The fourth-order valence-electron chi connectivity index (χ4n) is 2.09. The van der Waals surface area contributed by atoms with E-state index in [-0.39, 0.29) is 29.2 Å². The summed E-state index contributed by atoms with van der Waals surface area (Å²) in [7, 11) is 0. The fourth-order valence-corrected chi connectivity index (χ4v) is 2.35. The van der Waals surface area contributed by atoms with E-state index in [1.807, 2.05) is 4.98 Å². The molecule has 2 heterocycles. The van der Waals surface area contributed by atoms with Gasteiger partial charge in [0, 0.05) is 18.1 Å². The number of hydrogen-bond acceptors (Lipinski definition) is 3. The third kappa shape index (κ3) is 2.31. The van der Waals surface area contributed by atoms with Crippen LogP contribution in [0.2, 0.25) is 5.02 Å². The molecule has 0 saturated heterocycles. The highest BCUT2D eigenvalue weighted by Gasteiger charge is 2.35. The molecule has 0 atom stereocenters. The summed E-state index contributed by atoms with van der Waals surface area (Å²) in [6.45, 7) is 0. The maximum absolute atomic E-state index is 12.8. The summed E-state index contributed by atoms with van der Waals surface area (Å²) < 4.78 is 43.7. The molecule has 1 aliphatic heterocycles. The lowest BCUT2D eigenvalue weighted by Crippen LogP contribution is -2.28. The number of rotatable bonds is 0. The molecule has 110 valence electrons. The van der Waals surface area contributed by atoms with Gasteiger partial charge in [0.25, 0.3) is 5.56 Å². The normalized spacial score (nSPS) is 13.3. The SMILES string of the molecule is O=c1[nH]c2c(c(=O)[nH]1)Cc1cc(C(F)(F)F)c(Cl)cc1O2. The van der Waals surface area contributed by atoms with Crippen molar-refractivity contribution in [2.75, 3.05) is 0 Å². The van der Waals surface area contributed by atoms with E-state index in [9.17, 15) is 22.8 Å². The minimum Gasteiger partial charge on any atom is -0.440 e. The second-order valence-electron chi connectivity index (χ2n) is 4.43. The zero-order valence-electron chi connectivity index (χ0n) is 10.1. The number of aromatic amines is 2. The maximum Gasteiger partial charge on any atom is 0.417 e. The third-order valence-corrected chi connectivity index (χ3v) is 3.35. The topological polar surface area (TPSA) is 75.0 Å². The molecule has 3 rings (SSSR count). The van der Waals surface area contributed by atoms with Crippen molar-refractivity contribution in [3.8, 4) is 11.6 Å². The maximum atomic E-state index is 12.8. The van der Waals surface area contributed by atoms with Gasteiger partial charge in [-0.25, -0.2) is 4.79 Å². The van der Waals surface area contributed by atoms with Crippen LogP contribution in [0.4, 0.5) is 13.2 Å². The molecule has 0 bridgehead atoms. The van der Waals surface area contributed by atoms with Gasteiger partial charge < -0.3 is 4.74 Å². The Balaban J connectivity index is 2.16. The van der Waals surface area contributed by atoms with E-state index >= 15 is 0 Å². The lowest BCUT2D eigenvalue weighted by molar-refractivity contribution is -0.137. The lowest BCUT2D eigenvalue weighted by atomic mass is 10.0. The molecule has 2 N–H and O–H groups in total. The van der Waals surface area contributed by atoms with Gasteiger partial charge in [0.05, 0.1) is 16.1 Å². The van der Waals surface area contributed by atoms with Crippen LogP contribution in [-0.2, 0) is 12.6 Å². The third-order valence-electron chi connectivity index (χ3n) is 3.04. The Bertz CT molecular complexity index is 854. The first-order valence-electron chi connectivity index (χ1n) is 5.68. The molecule has 1 aromatic heterocycles. The van der Waals surface area contributed by atoms with Gasteiger partial charge in [-0.1, -0.05) is 11.6 Å². The number of fused-ring (bicyclic) bond motifs is 2. The summed E-state index contributed by atoms with van der Waals surface area (Å²) in [6, 6.07) is 1.85. The van der Waals surface area contributed by atoms with E-state index in [1.54, 1.807) is 0 Å². The van der Waals surface area contributed by atoms with Gasteiger partial charge in [0.15, 0.2) is 0 Å². The first-order chi connectivity index (χ1) is 9.75. The van der Waals surface area contributed by atoms with Gasteiger partial charge in [-0.05, 0) is 6.07 Å². The van der Waals surface area contributed by atoms with Gasteiger partial charge in [-0.3, -0.25) is 14.8 Å². The largest absolute Gasteiger partial charge is 0.440 e. The summed E-state index contributed by atoms with van der Waals surface area (Å²) in [5.41, 5.74) is -2.26. The highest BCUT2D eigenvalue weighted by molar-refractivity contribution is 6.31. The first-order valence-corrected chi connectivity index (χ1v) is 6.06. The van der Waals surface area contributed by atoms with Crippen LogP contribution in [-0.4, -0.2) is 9.97 Å². The Morgan fingerprint density at radius 1 is 1.19 bits per heavy atom. The van der Waals surface area contributed by atoms with Crippen LogP contribution in [0, 0.1) is 0 Å². The van der Waals surface area contributed by atoms with Crippen LogP contribution in [0.1, 0.15) is 16.7 Å². The summed E-state index contributed by atoms with van der Waals surface area (Å²) in [5, 5.41) is -0.517. The summed E-state index contributed by atoms with van der Waals surface area (Å²) in [5.74, 6) is -0.0196. The van der Waals surface area contributed by atoms with Gasteiger partial charge >= 0.3 is 11.9 Å². The molecular formula is C12H6ClF3N2O3. The van der Waals surface area contributed by atoms with Crippen molar-refractivity contribution in [2.24, 2.45) is 0 Å². The molecule has 0 radical (unpaired) electrons. The number of ether oxygens (including phenoxy) is 1. The van der Waals surface area contributed by atoms with Crippen molar-refractivity contribution in [3.05, 3.63) is 54.7 Å². The van der Waals surface area contributed by atoms with Gasteiger partial charge in [-0.2, -0.15) is 13.2 Å². The van der Waals surface area contributed by atoms with Crippen LogP contribution < -0.4 is 16.0 Å². The van der Waals surface area contributed by atoms with Crippen molar-refractivity contribution in [3.63, 3.8) is 0 Å². The molecule has 0 amide bonds. The van der Waals surface area contributed by atoms with E-state index in [0.717, 1.165) is 12.1 Å². The van der Waals surface area contributed by atoms with E-state index in [0.29, 0.717) is 0 Å². The van der Waals surface area contributed by atoms with Crippen LogP contribution in [0.15, 0.2) is 21.7 Å². The smallest absolute Gasteiger partial charge is 0.417 e. The second-order valence-corrected chi connectivity index (χ2v) is 4.84. The quantitative estimate of drug-likeness (QED) is 0.668. The Morgan fingerprint density at radius 2 is 1.90 bits per heavy atom. The number of alkyl halides is 3. The Labute approximate surface area is 119 Å². The van der Waals surface area contributed by atoms with Crippen LogP contribution in [0.3, 0.4) is 0 Å². The van der Waals surface area contributed by atoms with Crippen LogP contribution in [0.25, 0.3) is 0 Å². The molecule has 0 fully saturated rings. The Morgan fingerprint density at radius 3 is 2.57 bits per heavy atom. The van der Waals surface area contributed by atoms with E-state index in [2.05, 4.69) is 4.98 Å². The van der Waals surface area contributed by atoms with Gasteiger partial charge in [0.1, 0.15) is 5.75 Å². The number of H-pyrrole nitrogens is 2. The standard InChI is InChI=1S/C12H6ClF3N2O3/c13-7-3-8-4(2-6(7)12(14,15)16)1-5-9(19)17-11(20)18-10(5)21-8/h2-3H,1H2,(H2,17,18,19,20). The number of hydrogen-bond donors (Lipinski definition) is 2. The van der Waals surface area contributed by atoms with Crippen molar-refractivity contribution in [2.45, 2.75) is 12.6 Å². The van der Waals surface area contributed by atoms with Crippen molar-refractivity contribution >= 4 is 11.6 Å². The highest BCUT2D eigenvalue weighted by Crippen LogP contribution is 2.41. The van der Waals surface area contributed by atoms with E-state index < -0.39 is 28.0 Å². The molecule has 0 aliphatic carbocycles. The molecular weight excluding hydrogens is 313 g/mol. The monoisotopic (exact) mass is 318 g/mol. The Hall–Kier alpha value is -2.22. The number of benzene rings is 1. The molecule has 9 heteroatoms. The molecule has 21 heavy (non-hydrogen) atoms. The zero-order chi connectivity index (χ0) is 15.4. The average Bonchev–Trinajstić information content (AvgIpc) is 2.34. The minimum atomic E-state index is -4.61. The number of halogens is 4. The highest BCUT2D eigenvalue weighted by atomic mass is 35.5. The molecule has 2 aromatic rings. The van der Waals surface area contributed by atoms with Crippen molar-refractivity contribution in [1.82, 2.24) is 9.97 Å². The minimum absolute atomic E-state index is 0.0533. The predicted octanol–water partition coefficient (Wildman–Crippen LogP) is 2.43. The first kappa shape index (κ1) is 13.7. The molecule has 0 unspecified atom stereocenters. The fraction of sp³-hybridized carbons (Fsp3) is 0.167. The van der Waals surface area contributed by atoms with Crippen molar-refractivity contribution < 1.29 is 17.9 Å². The molecule has 5 nitrogen and oxygen atoms in total. The molecule has 0 saturated carbocycles. The average molecular weight is 319 g/mol. The lowest BCUT2D eigenvalue weighted by Gasteiger charge is -2.20. The second kappa shape index (κ2) is 4.39. The van der Waals surface area contributed by atoms with Crippen LogP contribution >= 0.6 is 11.6 Å². The molecule has 1 aromatic carbocycles. The summed E-state index contributed by atoms with van der Waals surface area (Å²) in [4.78, 5) is 27.1. The number of nitrogens with one attached hydrogen (secondary N) is 2.